The highest BCUT2D eigenvalue weighted by atomic mass is 16.4. The van der Waals surface area contributed by atoms with E-state index >= 15 is 0 Å². The summed E-state index contributed by atoms with van der Waals surface area (Å²) in [6, 6.07) is 12.0. The van der Waals surface area contributed by atoms with E-state index in [1.54, 1.807) is 43.3 Å². The van der Waals surface area contributed by atoms with E-state index in [4.69, 9.17) is 4.42 Å². The summed E-state index contributed by atoms with van der Waals surface area (Å²) in [5.74, 6) is 0.317. The molecular formula is C19H19N5O3. The fourth-order valence-corrected chi connectivity index (χ4v) is 2.44. The Kier molecular flexibility index (Phi) is 5.46. The summed E-state index contributed by atoms with van der Waals surface area (Å²) >= 11 is 0. The second kappa shape index (κ2) is 8.13. The van der Waals surface area contributed by atoms with Gasteiger partial charge in [0.2, 0.25) is 18.2 Å². The summed E-state index contributed by atoms with van der Waals surface area (Å²) in [5, 5.41) is 15.8. The Labute approximate surface area is 156 Å². The van der Waals surface area contributed by atoms with E-state index in [1.807, 2.05) is 13.0 Å². The molecule has 2 aromatic carbocycles. The number of anilines is 3. The zero-order chi connectivity index (χ0) is 19.2. The minimum Gasteiger partial charge on any atom is -0.423 e. The van der Waals surface area contributed by atoms with Crippen molar-refractivity contribution in [1.29, 1.82) is 0 Å². The molecule has 3 N–H and O–H groups in total. The average molecular weight is 365 g/mol. The minimum atomic E-state index is -0.387. The SMILES string of the molecule is CCC(=O)Nc1ccc(NC(=O)Nc2cccc(-c3nnco3)c2)cc1C. The van der Waals surface area contributed by atoms with Crippen molar-refractivity contribution >= 4 is 29.0 Å². The molecule has 3 aromatic rings. The fraction of sp³-hybridized carbons (Fsp3) is 0.158. The second-order valence-electron chi connectivity index (χ2n) is 5.84. The molecular weight excluding hydrogens is 346 g/mol. The lowest BCUT2D eigenvalue weighted by atomic mass is 10.1. The summed E-state index contributed by atoms with van der Waals surface area (Å²) in [7, 11) is 0. The molecule has 27 heavy (non-hydrogen) atoms. The summed E-state index contributed by atoms with van der Waals surface area (Å²) in [5.41, 5.74) is 3.49. The van der Waals surface area contributed by atoms with Gasteiger partial charge in [0.15, 0.2) is 0 Å². The van der Waals surface area contributed by atoms with Gasteiger partial charge in [-0.15, -0.1) is 10.2 Å². The fourth-order valence-electron chi connectivity index (χ4n) is 2.44. The van der Waals surface area contributed by atoms with Gasteiger partial charge in [-0.2, -0.15) is 0 Å². The molecule has 0 aliphatic heterocycles. The van der Waals surface area contributed by atoms with Crippen LogP contribution in [0.1, 0.15) is 18.9 Å². The van der Waals surface area contributed by atoms with Crippen LogP contribution in [0.15, 0.2) is 53.3 Å². The zero-order valence-electron chi connectivity index (χ0n) is 14.9. The van der Waals surface area contributed by atoms with E-state index in [0.29, 0.717) is 29.2 Å². The molecule has 3 amide bonds. The van der Waals surface area contributed by atoms with Crippen molar-refractivity contribution in [2.75, 3.05) is 16.0 Å². The third-order valence-corrected chi connectivity index (χ3v) is 3.81. The highest BCUT2D eigenvalue weighted by molar-refractivity contribution is 6.00. The van der Waals surface area contributed by atoms with Gasteiger partial charge in [0, 0.05) is 29.0 Å². The number of carbonyl (C=O) groups is 2. The Morgan fingerprint density at radius 1 is 1.04 bits per heavy atom. The number of benzene rings is 2. The number of hydrogen-bond donors (Lipinski definition) is 3. The van der Waals surface area contributed by atoms with E-state index in [1.165, 1.54) is 6.39 Å². The predicted molar refractivity (Wildman–Crippen MR) is 102 cm³/mol. The number of carbonyl (C=O) groups excluding carboxylic acids is 2. The number of aromatic nitrogens is 2. The smallest absolute Gasteiger partial charge is 0.323 e. The maximum absolute atomic E-state index is 12.3. The standard InChI is InChI=1S/C19H19N5O3/c1-3-17(25)23-16-8-7-15(9-12(16)2)22-19(26)21-14-6-4-5-13(10-14)18-24-20-11-27-18/h4-11H,3H2,1-2H3,(H,23,25)(H2,21,22,26). The molecule has 0 bridgehead atoms. The van der Waals surface area contributed by atoms with Crippen LogP contribution in [0.5, 0.6) is 0 Å². The van der Waals surface area contributed by atoms with Gasteiger partial charge in [-0.1, -0.05) is 13.0 Å². The number of amides is 3. The maximum atomic E-state index is 12.3. The van der Waals surface area contributed by atoms with Crippen molar-refractivity contribution < 1.29 is 14.0 Å². The first-order valence-electron chi connectivity index (χ1n) is 8.40. The Morgan fingerprint density at radius 2 is 1.81 bits per heavy atom. The Hall–Kier alpha value is -3.68. The van der Waals surface area contributed by atoms with Crippen LogP contribution in [0.3, 0.4) is 0 Å². The van der Waals surface area contributed by atoms with E-state index in [-0.39, 0.29) is 11.9 Å². The van der Waals surface area contributed by atoms with E-state index < -0.39 is 0 Å². The second-order valence-corrected chi connectivity index (χ2v) is 5.84. The molecule has 8 heteroatoms. The van der Waals surface area contributed by atoms with Gasteiger partial charge in [0.1, 0.15) is 0 Å². The minimum absolute atomic E-state index is 0.0577. The van der Waals surface area contributed by atoms with Gasteiger partial charge in [-0.05, 0) is 48.9 Å². The molecule has 0 aliphatic rings. The molecule has 0 spiro atoms. The van der Waals surface area contributed by atoms with Gasteiger partial charge in [0.25, 0.3) is 0 Å². The number of rotatable bonds is 5. The summed E-state index contributed by atoms with van der Waals surface area (Å²) in [6.07, 6.45) is 1.65. The van der Waals surface area contributed by atoms with Crippen molar-refractivity contribution in [3.63, 3.8) is 0 Å². The molecule has 0 unspecified atom stereocenters. The molecule has 0 fully saturated rings. The number of aryl methyl sites for hydroxylation is 1. The van der Waals surface area contributed by atoms with Crippen LogP contribution in [-0.4, -0.2) is 22.1 Å². The molecule has 0 saturated heterocycles. The van der Waals surface area contributed by atoms with Crippen molar-refractivity contribution in [1.82, 2.24) is 10.2 Å². The molecule has 0 aliphatic carbocycles. The number of hydrogen-bond acceptors (Lipinski definition) is 5. The lowest BCUT2D eigenvalue weighted by molar-refractivity contribution is -0.115. The molecule has 8 nitrogen and oxygen atoms in total. The van der Waals surface area contributed by atoms with Crippen LogP contribution in [0.25, 0.3) is 11.5 Å². The lowest BCUT2D eigenvalue weighted by Gasteiger charge is -2.11. The third-order valence-electron chi connectivity index (χ3n) is 3.81. The van der Waals surface area contributed by atoms with Gasteiger partial charge < -0.3 is 20.4 Å². The maximum Gasteiger partial charge on any atom is 0.323 e. The normalized spacial score (nSPS) is 10.3. The molecule has 0 atom stereocenters. The van der Waals surface area contributed by atoms with Crippen LogP contribution in [0.2, 0.25) is 0 Å². The van der Waals surface area contributed by atoms with Crippen molar-refractivity contribution in [3.05, 3.63) is 54.4 Å². The summed E-state index contributed by atoms with van der Waals surface area (Å²) < 4.78 is 5.15. The summed E-state index contributed by atoms with van der Waals surface area (Å²) in [6.45, 7) is 3.65. The van der Waals surface area contributed by atoms with E-state index in [0.717, 1.165) is 11.3 Å². The van der Waals surface area contributed by atoms with E-state index in [9.17, 15) is 9.59 Å². The molecule has 1 heterocycles. The molecule has 138 valence electrons. The topological polar surface area (TPSA) is 109 Å². The van der Waals surface area contributed by atoms with Crippen molar-refractivity contribution in [3.8, 4) is 11.5 Å². The number of urea groups is 1. The van der Waals surface area contributed by atoms with Crippen LogP contribution in [0.4, 0.5) is 21.9 Å². The molecule has 0 radical (unpaired) electrons. The first kappa shape index (κ1) is 18.1. The quantitative estimate of drug-likeness (QED) is 0.632. The first-order valence-corrected chi connectivity index (χ1v) is 8.40. The van der Waals surface area contributed by atoms with Crippen LogP contribution in [0, 0.1) is 6.92 Å². The highest BCUT2D eigenvalue weighted by Gasteiger charge is 2.08. The van der Waals surface area contributed by atoms with Crippen LogP contribution >= 0.6 is 0 Å². The molecule has 3 rings (SSSR count). The zero-order valence-corrected chi connectivity index (χ0v) is 14.9. The molecule has 0 saturated carbocycles. The highest BCUT2D eigenvalue weighted by Crippen LogP contribution is 2.22. The number of nitrogens with zero attached hydrogens (tertiary/aromatic N) is 2. The van der Waals surface area contributed by atoms with Crippen LogP contribution < -0.4 is 16.0 Å². The predicted octanol–water partition coefficient (Wildman–Crippen LogP) is 4.04. The van der Waals surface area contributed by atoms with E-state index in [2.05, 4.69) is 26.1 Å². The van der Waals surface area contributed by atoms with Gasteiger partial charge in [-0.25, -0.2) is 4.79 Å². The Balaban J connectivity index is 1.65. The Bertz CT molecular complexity index is 954. The van der Waals surface area contributed by atoms with Gasteiger partial charge >= 0.3 is 6.03 Å². The van der Waals surface area contributed by atoms with Crippen LogP contribution in [-0.2, 0) is 4.79 Å². The van der Waals surface area contributed by atoms with Gasteiger partial charge in [0.05, 0.1) is 0 Å². The largest absolute Gasteiger partial charge is 0.423 e. The Morgan fingerprint density at radius 3 is 2.48 bits per heavy atom. The third kappa shape index (κ3) is 4.69. The monoisotopic (exact) mass is 365 g/mol. The summed E-state index contributed by atoms with van der Waals surface area (Å²) in [4.78, 5) is 23.8. The number of nitrogens with one attached hydrogen (secondary N) is 3. The van der Waals surface area contributed by atoms with Crippen molar-refractivity contribution in [2.24, 2.45) is 0 Å². The molecule has 1 aromatic heterocycles. The first-order chi connectivity index (χ1) is 13.0. The van der Waals surface area contributed by atoms with Gasteiger partial charge in [-0.3, -0.25) is 4.79 Å². The average Bonchev–Trinajstić information content (AvgIpc) is 3.19. The lowest BCUT2D eigenvalue weighted by Crippen LogP contribution is -2.19. The van der Waals surface area contributed by atoms with Crippen molar-refractivity contribution in [2.45, 2.75) is 20.3 Å².